The summed E-state index contributed by atoms with van der Waals surface area (Å²) in [6.07, 6.45) is 5.28. The van der Waals surface area contributed by atoms with Crippen molar-refractivity contribution in [3.63, 3.8) is 0 Å². The maximum atomic E-state index is 4.39. The average Bonchev–Trinajstić information content (AvgIpc) is 3.22. The van der Waals surface area contributed by atoms with Gasteiger partial charge in [0.25, 0.3) is 0 Å². The first kappa shape index (κ1) is 24.4. The van der Waals surface area contributed by atoms with Crippen molar-refractivity contribution in [1.82, 2.24) is 20.5 Å². The van der Waals surface area contributed by atoms with Gasteiger partial charge in [-0.1, -0.05) is 41.6 Å². The summed E-state index contributed by atoms with van der Waals surface area (Å²) in [5.74, 6) is 2.01. The first-order chi connectivity index (χ1) is 13.7. The highest BCUT2D eigenvalue weighted by Gasteiger charge is 2.20. The second kappa shape index (κ2) is 13.5. The molecule has 0 unspecified atom stereocenters. The molecule has 3 rings (SSSR count). The van der Waals surface area contributed by atoms with Gasteiger partial charge in [0.15, 0.2) is 5.96 Å². The van der Waals surface area contributed by atoms with E-state index in [1.807, 2.05) is 30.4 Å². The van der Waals surface area contributed by atoms with E-state index in [9.17, 15) is 0 Å². The van der Waals surface area contributed by atoms with Crippen molar-refractivity contribution < 1.29 is 0 Å². The van der Waals surface area contributed by atoms with Gasteiger partial charge >= 0.3 is 0 Å². The van der Waals surface area contributed by atoms with E-state index in [4.69, 9.17) is 0 Å². The van der Waals surface area contributed by atoms with Gasteiger partial charge < -0.3 is 10.6 Å². The van der Waals surface area contributed by atoms with Gasteiger partial charge in [-0.25, -0.2) is 4.98 Å². The smallest absolute Gasteiger partial charge is 0.191 e. The van der Waals surface area contributed by atoms with Crippen molar-refractivity contribution in [3.05, 3.63) is 47.0 Å². The molecule has 0 amide bonds. The highest BCUT2D eigenvalue weighted by atomic mass is 127. The summed E-state index contributed by atoms with van der Waals surface area (Å²) in [6, 6.07) is 9.35. The van der Waals surface area contributed by atoms with Crippen LogP contribution >= 0.6 is 47.1 Å². The van der Waals surface area contributed by atoms with Gasteiger partial charge in [0.2, 0.25) is 0 Å². The number of nitrogens with one attached hydrogen (secondary N) is 2. The van der Waals surface area contributed by atoms with Crippen molar-refractivity contribution >= 4 is 53.0 Å². The number of benzene rings is 1. The van der Waals surface area contributed by atoms with Crippen LogP contribution in [-0.4, -0.2) is 54.3 Å². The SMILES string of the molecule is CN=C(NCCCSc1nccs1)NC1CCN(Cc2cccc(C)c2)CC1.I. The molecule has 5 nitrogen and oxygen atoms in total. The summed E-state index contributed by atoms with van der Waals surface area (Å²) in [7, 11) is 1.85. The zero-order valence-electron chi connectivity index (χ0n) is 17.3. The van der Waals surface area contributed by atoms with Gasteiger partial charge in [-0.3, -0.25) is 9.89 Å². The Hall–Kier alpha value is -0.840. The number of hydrogen-bond donors (Lipinski definition) is 2. The summed E-state index contributed by atoms with van der Waals surface area (Å²) < 4.78 is 1.15. The fourth-order valence-corrected chi connectivity index (χ4v) is 5.06. The predicted molar refractivity (Wildman–Crippen MR) is 137 cm³/mol. The van der Waals surface area contributed by atoms with E-state index in [0.29, 0.717) is 6.04 Å². The number of aromatic nitrogens is 1. The molecule has 1 aromatic heterocycles. The van der Waals surface area contributed by atoms with Crippen LogP contribution in [0.2, 0.25) is 0 Å². The molecule has 0 aliphatic carbocycles. The van der Waals surface area contributed by atoms with Crippen LogP contribution in [0.5, 0.6) is 0 Å². The second-order valence-electron chi connectivity index (χ2n) is 7.18. The molecular weight excluding hydrogens is 513 g/mol. The molecule has 1 aliphatic rings. The zero-order valence-corrected chi connectivity index (χ0v) is 21.2. The quantitative estimate of drug-likeness (QED) is 0.170. The lowest BCUT2D eigenvalue weighted by molar-refractivity contribution is 0.198. The highest BCUT2D eigenvalue weighted by molar-refractivity contribution is 14.0. The van der Waals surface area contributed by atoms with Crippen LogP contribution in [0.3, 0.4) is 0 Å². The number of aliphatic imine (C=N–C) groups is 1. The minimum Gasteiger partial charge on any atom is -0.356 e. The third kappa shape index (κ3) is 8.82. The van der Waals surface area contributed by atoms with Gasteiger partial charge in [0, 0.05) is 56.6 Å². The Morgan fingerprint density at radius 1 is 1.34 bits per heavy atom. The zero-order chi connectivity index (χ0) is 19.6. The lowest BCUT2D eigenvalue weighted by atomic mass is 10.0. The molecule has 8 heteroatoms. The molecule has 1 saturated heterocycles. The van der Waals surface area contributed by atoms with E-state index >= 15 is 0 Å². The lowest BCUT2D eigenvalue weighted by Crippen LogP contribution is -2.48. The van der Waals surface area contributed by atoms with E-state index in [2.05, 4.69) is 56.7 Å². The highest BCUT2D eigenvalue weighted by Crippen LogP contribution is 2.20. The fourth-order valence-electron chi connectivity index (χ4n) is 3.41. The molecule has 0 spiro atoms. The number of piperidine rings is 1. The van der Waals surface area contributed by atoms with Crippen LogP contribution in [0.15, 0.2) is 45.2 Å². The van der Waals surface area contributed by atoms with Gasteiger partial charge in [-0.15, -0.1) is 35.3 Å². The van der Waals surface area contributed by atoms with Crippen LogP contribution in [0.4, 0.5) is 0 Å². The monoisotopic (exact) mass is 545 g/mol. The Morgan fingerprint density at radius 2 is 2.17 bits per heavy atom. The molecule has 160 valence electrons. The largest absolute Gasteiger partial charge is 0.356 e. The van der Waals surface area contributed by atoms with Gasteiger partial charge in [0.05, 0.1) is 0 Å². The number of thioether (sulfide) groups is 1. The van der Waals surface area contributed by atoms with E-state index < -0.39 is 0 Å². The number of aryl methyl sites for hydroxylation is 1. The minimum atomic E-state index is 0. The molecule has 29 heavy (non-hydrogen) atoms. The van der Waals surface area contributed by atoms with Gasteiger partial charge in [-0.2, -0.15) is 0 Å². The number of halogens is 1. The maximum Gasteiger partial charge on any atom is 0.191 e. The number of guanidine groups is 1. The van der Waals surface area contributed by atoms with Crippen molar-refractivity contribution in [2.75, 3.05) is 32.4 Å². The summed E-state index contributed by atoms with van der Waals surface area (Å²) in [4.78, 5) is 11.2. The topological polar surface area (TPSA) is 52.6 Å². The number of thiazole rings is 1. The Balaban J connectivity index is 0.00000300. The molecule has 1 aliphatic heterocycles. The molecule has 2 heterocycles. The Kier molecular flexibility index (Phi) is 11.3. The molecule has 2 aromatic rings. The Labute approximate surface area is 200 Å². The minimum absolute atomic E-state index is 0. The van der Waals surface area contributed by atoms with Crippen molar-refractivity contribution in [2.24, 2.45) is 4.99 Å². The molecule has 0 saturated carbocycles. The Bertz CT molecular complexity index is 730. The number of nitrogens with zero attached hydrogens (tertiary/aromatic N) is 3. The molecule has 1 fully saturated rings. The van der Waals surface area contributed by atoms with Crippen LogP contribution < -0.4 is 10.6 Å². The Morgan fingerprint density at radius 3 is 2.86 bits per heavy atom. The predicted octanol–water partition coefficient (Wildman–Crippen LogP) is 4.38. The van der Waals surface area contributed by atoms with Crippen molar-refractivity contribution in [1.29, 1.82) is 0 Å². The summed E-state index contributed by atoms with van der Waals surface area (Å²) in [6.45, 7) is 6.42. The van der Waals surface area contributed by atoms with Gasteiger partial charge in [-0.05, 0) is 31.7 Å². The first-order valence-corrected chi connectivity index (χ1v) is 11.9. The normalized spacial score (nSPS) is 15.7. The van der Waals surface area contributed by atoms with E-state index in [0.717, 1.165) is 61.5 Å². The molecule has 1 aromatic carbocycles. The molecule has 0 bridgehead atoms. The third-order valence-corrected chi connectivity index (χ3v) is 6.94. The summed E-state index contributed by atoms with van der Waals surface area (Å²) in [5.41, 5.74) is 2.76. The molecular formula is C21H32IN5S2. The van der Waals surface area contributed by atoms with Crippen LogP contribution in [-0.2, 0) is 6.54 Å². The lowest BCUT2D eigenvalue weighted by Gasteiger charge is -2.33. The van der Waals surface area contributed by atoms with Crippen LogP contribution in [0.1, 0.15) is 30.4 Å². The number of likely N-dealkylation sites (tertiary alicyclic amines) is 1. The maximum absolute atomic E-state index is 4.39. The van der Waals surface area contributed by atoms with Crippen molar-refractivity contribution in [2.45, 2.75) is 43.1 Å². The molecule has 2 N–H and O–H groups in total. The summed E-state index contributed by atoms with van der Waals surface area (Å²) >= 11 is 3.53. The number of rotatable bonds is 8. The first-order valence-electron chi connectivity index (χ1n) is 10.0. The van der Waals surface area contributed by atoms with Crippen LogP contribution in [0, 0.1) is 6.92 Å². The van der Waals surface area contributed by atoms with Crippen molar-refractivity contribution in [3.8, 4) is 0 Å². The van der Waals surface area contributed by atoms with Crippen LogP contribution in [0.25, 0.3) is 0 Å². The average molecular weight is 546 g/mol. The summed E-state index contributed by atoms with van der Waals surface area (Å²) in [5, 5.41) is 9.07. The molecule has 0 atom stereocenters. The van der Waals surface area contributed by atoms with E-state index in [-0.39, 0.29) is 24.0 Å². The van der Waals surface area contributed by atoms with E-state index in [1.54, 1.807) is 11.3 Å². The van der Waals surface area contributed by atoms with E-state index in [1.165, 1.54) is 11.1 Å². The molecule has 0 radical (unpaired) electrons. The number of hydrogen-bond acceptors (Lipinski definition) is 5. The standard InChI is InChI=1S/C21H31N5S2.HI/c1-17-5-3-6-18(15-17)16-26-11-7-19(8-12-26)25-20(22-2)23-9-4-13-27-21-24-10-14-28-21;/h3,5-6,10,14-15,19H,4,7-9,11-13,16H2,1-2H3,(H2,22,23,25);1H. The fraction of sp³-hybridized carbons (Fsp3) is 0.524. The van der Waals surface area contributed by atoms with Gasteiger partial charge in [0.1, 0.15) is 4.34 Å². The third-order valence-electron chi connectivity index (χ3n) is 4.89. The second-order valence-corrected chi connectivity index (χ2v) is 9.42.